The highest BCUT2D eigenvalue weighted by Gasteiger charge is 2.25. The molecular formula is C23H29N5O3. The van der Waals surface area contributed by atoms with Gasteiger partial charge in [-0.25, -0.2) is 15.0 Å². The maximum Gasteiger partial charge on any atom is 0.265 e. The first-order valence-electron chi connectivity index (χ1n) is 10.8. The maximum atomic E-state index is 12.6. The normalized spacial score (nSPS) is 17.0. The lowest BCUT2D eigenvalue weighted by Gasteiger charge is -2.23. The Balaban J connectivity index is 1.54. The molecule has 1 saturated heterocycles. The fourth-order valence-corrected chi connectivity index (χ4v) is 3.91. The molecule has 0 aliphatic carbocycles. The van der Waals surface area contributed by atoms with E-state index in [2.05, 4.69) is 37.3 Å². The van der Waals surface area contributed by atoms with E-state index >= 15 is 0 Å². The Bertz CT molecular complexity index is 969. The van der Waals surface area contributed by atoms with Gasteiger partial charge in [0.25, 0.3) is 5.91 Å². The second-order valence-electron chi connectivity index (χ2n) is 8.15. The summed E-state index contributed by atoms with van der Waals surface area (Å²) in [5.74, 6) is 1.40. The van der Waals surface area contributed by atoms with Gasteiger partial charge in [-0.3, -0.25) is 4.79 Å². The van der Waals surface area contributed by atoms with E-state index in [1.54, 1.807) is 13.1 Å². The molecule has 164 valence electrons. The number of carbonyl (C=O) groups is 1. The first-order valence-corrected chi connectivity index (χ1v) is 10.8. The van der Waals surface area contributed by atoms with Crippen molar-refractivity contribution in [2.24, 2.45) is 4.99 Å². The van der Waals surface area contributed by atoms with Crippen molar-refractivity contribution in [3.8, 4) is 5.75 Å². The number of amides is 1. The van der Waals surface area contributed by atoms with Gasteiger partial charge in [0.2, 0.25) is 0 Å². The van der Waals surface area contributed by atoms with Crippen LogP contribution in [0.1, 0.15) is 39.2 Å². The van der Waals surface area contributed by atoms with Crippen molar-refractivity contribution in [1.29, 1.82) is 0 Å². The van der Waals surface area contributed by atoms with Crippen LogP contribution in [-0.4, -0.2) is 53.5 Å². The SMILES string of the molecule is CC(=Nc1cncnc1N1CCc2cc(OC(C)C)ccc21)C(=O)NC1CCOCC1. The highest BCUT2D eigenvalue weighted by atomic mass is 16.5. The summed E-state index contributed by atoms with van der Waals surface area (Å²) in [6.45, 7) is 7.90. The van der Waals surface area contributed by atoms with Crippen LogP contribution < -0.4 is 15.0 Å². The Kier molecular flexibility index (Phi) is 6.46. The summed E-state index contributed by atoms with van der Waals surface area (Å²) in [5.41, 5.74) is 3.26. The van der Waals surface area contributed by atoms with Gasteiger partial charge in [-0.1, -0.05) is 0 Å². The lowest BCUT2D eigenvalue weighted by Crippen LogP contribution is -2.41. The number of rotatable bonds is 6. The van der Waals surface area contributed by atoms with Crippen molar-refractivity contribution in [3.63, 3.8) is 0 Å². The summed E-state index contributed by atoms with van der Waals surface area (Å²) in [4.78, 5) is 27.9. The third-order valence-corrected chi connectivity index (χ3v) is 5.42. The van der Waals surface area contributed by atoms with Crippen LogP contribution in [-0.2, 0) is 16.0 Å². The first-order chi connectivity index (χ1) is 15.0. The molecule has 1 aromatic carbocycles. The van der Waals surface area contributed by atoms with Crippen LogP contribution in [0.3, 0.4) is 0 Å². The van der Waals surface area contributed by atoms with Gasteiger partial charge in [0.1, 0.15) is 23.5 Å². The summed E-state index contributed by atoms with van der Waals surface area (Å²) < 4.78 is 11.2. The van der Waals surface area contributed by atoms with Crippen molar-refractivity contribution in [2.45, 2.75) is 52.2 Å². The number of nitrogens with one attached hydrogen (secondary N) is 1. The van der Waals surface area contributed by atoms with Gasteiger partial charge in [-0.2, -0.15) is 0 Å². The number of benzene rings is 1. The quantitative estimate of drug-likeness (QED) is 0.717. The average Bonchev–Trinajstić information content (AvgIpc) is 3.17. The zero-order chi connectivity index (χ0) is 21.8. The summed E-state index contributed by atoms with van der Waals surface area (Å²) in [5, 5.41) is 3.05. The number of aromatic nitrogens is 2. The van der Waals surface area contributed by atoms with Gasteiger partial charge in [0.15, 0.2) is 5.82 Å². The lowest BCUT2D eigenvalue weighted by molar-refractivity contribution is -0.116. The number of ether oxygens (including phenoxy) is 2. The van der Waals surface area contributed by atoms with Gasteiger partial charge in [0, 0.05) is 31.5 Å². The average molecular weight is 424 g/mol. The summed E-state index contributed by atoms with van der Waals surface area (Å²) >= 11 is 0. The molecule has 2 aliphatic heterocycles. The summed E-state index contributed by atoms with van der Waals surface area (Å²) in [7, 11) is 0. The van der Waals surface area contributed by atoms with E-state index in [-0.39, 0.29) is 18.1 Å². The molecular weight excluding hydrogens is 394 g/mol. The Hall–Kier alpha value is -3.00. The molecule has 0 unspecified atom stereocenters. The van der Waals surface area contributed by atoms with E-state index in [4.69, 9.17) is 9.47 Å². The van der Waals surface area contributed by atoms with E-state index < -0.39 is 0 Å². The van der Waals surface area contributed by atoms with Crippen LogP contribution in [0.25, 0.3) is 0 Å². The van der Waals surface area contributed by atoms with Crippen LogP contribution in [0, 0.1) is 0 Å². The molecule has 0 bridgehead atoms. The largest absolute Gasteiger partial charge is 0.491 e. The van der Waals surface area contributed by atoms with Crippen molar-refractivity contribution in [2.75, 3.05) is 24.7 Å². The van der Waals surface area contributed by atoms with Crippen molar-refractivity contribution in [1.82, 2.24) is 15.3 Å². The van der Waals surface area contributed by atoms with Gasteiger partial charge in [-0.15, -0.1) is 0 Å². The third-order valence-electron chi connectivity index (χ3n) is 5.42. The van der Waals surface area contributed by atoms with Gasteiger partial charge in [0.05, 0.1) is 12.3 Å². The summed E-state index contributed by atoms with van der Waals surface area (Å²) in [6.07, 6.45) is 5.84. The third kappa shape index (κ3) is 5.02. The number of hydrogen-bond donors (Lipinski definition) is 1. The van der Waals surface area contributed by atoms with Crippen molar-refractivity contribution in [3.05, 3.63) is 36.3 Å². The molecule has 0 saturated carbocycles. The molecule has 1 N–H and O–H groups in total. The van der Waals surface area contributed by atoms with Gasteiger partial charge in [-0.05, 0) is 63.8 Å². The Morgan fingerprint density at radius 2 is 2.13 bits per heavy atom. The standard InChI is InChI=1S/C23H29N5O3/c1-15(2)31-19-4-5-21-17(12-19)6-9-28(21)22-20(13-24-14-25-22)26-16(3)23(29)27-18-7-10-30-11-8-18/h4-5,12-15,18H,6-11H2,1-3H3,(H,27,29). The Morgan fingerprint density at radius 1 is 1.32 bits per heavy atom. The Morgan fingerprint density at radius 3 is 2.90 bits per heavy atom. The van der Waals surface area contributed by atoms with Crippen LogP contribution in [0.4, 0.5) is 17.2 Å². The first kappa shape index (κ1) is 21.2. The van der Waals surface area contributed by atoms with E-state index in [0.29, 0.717) is 30.4 Å². The molecule has 1 amide bonds. The highest BCUT2D eigenvalue weighted by molar-refractivity contribution is 6.38. The molecule has 0 spiro atoms. The number of hydrogen-bond acceptors (Lipinski definition) is 7. The molecule has 4 rings (SSSR count). The van der Waals surface area contributed by atoms with Crippen LogP contribution in [0.15, 0.2) is 35.7 Å². The topological polar surface area (TPSA) is 88.9 Å². The molecule has 1 fully saturated rings. The van der Waals surface area contributed by atoms with Gasteiger partial charge < -0.3 is 19.7 Å². The predicted molar refractivity (Wildman–Crippen MR) is 120 cm³/mol. The molecule has 2 aliphatic rings. The van der Waals surface area contributed by atoms with E-state index in [1.807, 2.05) is 19.9 Å². The monoisotopic (exact) mass is 423 g/mol. The Labute approximate surface area is 182 Å². The smallest absolute Gasteiger partial charge is 0.265 e. The zero-order valence-electron chi connectivity index (χ0n) is 18.3. The molecule has 3 heterocycles. The van der Waals surface area contributed by atoms with Gasteiger partial charge >= 0.3 is 0 Å². The molecule has 0 radical (unpaired) electrons. The number of nitrogens with zero attached hydrogens (tertiary/aromatic N) is 4. The van der Waals surface area contributed by atoms with E-state index in [0.717, 1.165) is 37.2 Å². The molecule has 8 nitrogen and oxygen atoms in total. The second-order valence-corrected chi connectivity index (χ2v) is 8.15. The zero-order valence-corrected chi connectivity index (χ0v) is 18.3. The minimum absolute atomic E-state index is 0.130. The molecule has 2 aromatic rings. The van der Waals surface area contributed by atoms with Crippen molar-refractivity contribution < 1.29 is 14.3 Å². The minimum atomic E-state index is -0.168. The fourth-order valence-electron chi connectivity index (χ4n) is 3.91. The van der Waals surface area contributed by atoms with E-state index in [1.165, 1.54) is 11.9 Å². The number of fused-ring (bicyclic) bond motifs is 1. The van der Waals surface area contributed by atoms with E-state index in [9.17, 15) is 4.79 Å². The van der Waals surface area contributed by atoms with Crippen LogP contribution in [0.2, 0.25) is 0 Å². The maximum absolute atomic E-state index is 12.6. The minimum Gasteiger partial charge on any atom is -0.491 e. The van der Waals surface area contributed by atoms with Crippen LogP contribution in [0.5, 0.6) is 5.75 Å². The molecule has 8 heteroatoms. The van der Waals surface area contributed by atoms with Crippen LogP contribution >= 0.6 is 0 Å². The predicted octanol–water partition coefficient (Wildman–Crippen LogP) is 3.35. The number of carbonyl (C=O) groups excluding carboxylic acids is 1. The molecule has 0 atom stereocenters. The number of aliphatic imine (C=N–C) groups is 1. The second kappa shape index (κ2) is 9.43. The molecule has 1 aromatic heterocycles. The number of anilines is 2. The van der Waals surface area contributed by atoms with Crippen molar-refractivity contribution >= 4 is 28.8 Å². The fraction of sp³-hybridized carbons (Fsp3) is 0.478. The lowest BCUT2D eigenvalue weighted by atomic mass is 10.1. The molecule has 31 heavy (non-hydrogen) atoms. The highest BCUT2D eigenvalue weighted by Crippen LogP contribution is 2.39. The summed E-state index contributed by atoms with van der Waals surface area (Å²) in [6, 6.07) is 6.26.